The summed E-state index contributed by atoms with van der Waals surface area (Å²) in [6.45, 7) is 0. The average Bonchev–Trinajstić information content (AvgIpc) is 2.92. The Morgan fingerprint density at radius 1 is 1.35 bits per heavy atom. The highest BCUT2D eigenvalue weighted by Gasteiger charge is 2.18. The van der Waals surface area contributed by atoms with Crippen molar-refractivity contribution in [3.8, 4) is 5.82 Å². The summed E-state index contributed by atoms with van der Waals surface area (Å²) < 4.78 is 1.51. The molecule has 0 radical (unpaired) electrons. The first-order chi connectivity index (χ1) is 9.58. The molecule has 5 N–H and O–H groups in total. The lowest BCUT2D eigenvalue weighted by Gasteiger charge is -2.13. The molecule has 2 heterocycles. The van der Waals surface area contributed by atoms with E-state index >= 15 is 0 Å². The highest BCUT2D eigenvalue weighted by atomic mass is 16.2. The molecule has 0 aliphatic heterocycles. The molecule has 20 heavy (non-hydrogen) atoms. The van der Waals surface area contributed by atoms with Crippen molar-refractivity contribution in [3.63, 3.8) is 0 Å². The van der Waals surface area contributed by atoms with E-state index in [2.05, 4.69) is 15.4 Å². The molecule has 2 aromatic heterocycles. The lowest BCUT2D eigenvalue weighted by molar-refractivity contribution is -0.123. The molecule has 0 aliphatic carbocycles. The minimum absolute atomic E-state index is 0.219. The summed E-state index contributed by atoms with van der Waals surface area (Å²) in [7, 11) is 0. The van der Waals surface area contributed by atoms with Crippen LogP contribution < -0.4 is 16.8 Å². The van der Waals surface area contributed by atoms with Crippen LogP contribution in [0.25, 0.3) is 5.82 Å². The van der Waals surface area contributed by atoms with Crippen molar-refractivity contribution in [1.82, 2.24) is 14.8 Å². The number of aromatic nitrogens is 3. The van der Waals surface area contributed by atoms with Gasteiger partial charge in [0.15, 0.2) is 5.82 Å². The normalized spacial score (nSPS) is 11.8. The molecule has 0 bridgehead atoms. The Hall–Kier alpha value is -2.74. The predicted octanol–water partition coefficient (Wildman–Crippen LogP) is -0.591. The van der Waals surface area contributed by atoms with Crippen molar-refractivity contribution < 1.29 is 9.59 Å². The fourth-order valence-corrected chi connectivity index (χ4v) is 1.61. The SMILES string of the molecule is NC(=O)CC(N)C(=O)Nc1cccnc1-n1cccn1. The summed E-state index contributed by atoms with van der Waals surface area (Å²) in [5, 5.41) is 6.65. The second kappa shape index (κ2) is 5.93. The molecule has 0 spiro atoms. The van der Waals surface area contributed by atoms with Gasteiger partial charge in [0.1, 0.15) is 0 Å². The minimum Gasteiger partial charge on any atom is -0.370 e. The maximum absolute atomic E-state index is 11.9. The van der Waals surface area contributed by atoms with E-state index in [1.54, 1.807) is 36.8 Å². The van der Waals surface area contributed by atoms with Gasteiger partial charge in [0.05, 0.1) is 18.2 Å². The molecule has 0 aliphatic rings. The zero-order valence-corrected chi connectivity index (χ0v) is 10.6. The lowest BCUT2D eigenvalue weighted by atomic mass is 10.2. The van der Waals surface area contributed by atoms with Crippen LogP contribution in [0.2, 0.25) is 0 Å². The third kappa shape index (κ3) is 3.18. The zero-order chi connectivity index (χ0) is 14.5. The molecule has 0 aromatic carbocycles. The first kappa shape index (κ1) is 13.7. The van der Waals surface area contributed by atoms with Crippen LogP contribution in [0.4, 0.5) is 5.69 Å². The van der Waals surface area contributed by atoms with Gasteiger partial charge in [-0.25, -0.2) is 9.67 Å². The van der Waals surface area contributed by atoms with E-state index in [4.69, 9.17) is 11.5 Å². The maximum Gasteiger partial charge on any atom is 0.241 e. The second-order valence-electron chi connectivity index (χ2n) is 4.09. The molecule has 1 atom stereocenters. The molecule has 104 valence electrons. The number of pyridine rings is 1. The Labute approximate surface area is 114 Å². The van der Waals surface area contributed by atoms with Crippen LogP contribution in [0.5, 0.6) is 0 Å². The van der Waals surface area contributed by atoms with E-state index in [1.807, 2.05) is 0 Å². The fraction of sp³-hybridized carbons (Fsp3) is 0.167. The lowest BCUT2D eigenvalue weighted by Crippen LogP contribution is -2.39. The molecule has 8 nitrogen and oxygen atoms in total. The molecule has 2 amide bonds. The summed E-state index contributed by atoms with van der Waals surface area (Å²) in [5.41, 5.74) is 11.0. The van der Waals surface area contributed by atoms with E-state index in [0.29, 0.717) is 11.5 Å². The van der Waals surface area contributed by atoms with Crippen molar-refractivity contribution in [2.24, 2.45) is 11.5 Å². The van der Waals surface area contributed by atoms with Crippen LogP contribution in [-0.4, -0.2) is 32.6 Å². The van der Waals surface area contributed by atoms with Gasteiger partial charge in [-0.2, -0.15) is 5.10 Å². The largest absolute Gasteiger partial charge is 0.370 e. The molecule has 0 fully saturated rings. The molecule has 0 saturated carbocycles. The second-order valence-corrected chi connectivity index (χ2v) is 4.09. The van der Waals surface area contributed by atoms with Gasteiger partial charge in [-0.1, -0.05) is 0 Å². The summed E-state index contributed by atoms with van der Waals surface area (Å²) in [6, 6.07) is 4.07. The van der Waals surface area contributed by atoms with Gasteiger partial charge in [0, 0.05) is 18.6 Å². The van der Waals surface area contributed by atoms with Crippen LogP contribution in [0.3, 0.4) is 0 Å². The third-order valence-electron chi connectivity index (χ3n) is 2.52. The monoisotopic (exact) mass is 274 g/mol. The van der Waals surface area contributed by atoms with Crippen molar-refractivity contribution >= 4 is 17.5 Å². The van der Waals surface area contributed by atoms with Crippen molar-refractivity contribution in [1.29, 1.82) is 0 Å². The van der Waals surface area contributed by atoms with Gasteiger partial charge in [0.25, 0.3) is 0 Å². The molecule has 2 aromatic rings. The van der Waals surface area contributed by atoms with Crippen LogP contribution in [0.15, 0.2) is 36.8 Å². The van der Waals surface area contributed by atoms with Gasteiger partial charge in [-0.05, 0) is 18.2 Å². The van der Waals surface area contributed by atoms with E-state index < -0.39 is 17.9 Å². The summed E-state index contributed by atoms with van der Waals surface area (Å²) in [5.74, 6) is -0.687. The van der Waals surface area contributed by atoms with Gasteiger partial charge in [0.2, 0.25) is 11.8 Å². The third-order valence-corrected chi connectivity index (χ3v) is 2.52. The van der Waals surface area contributed by atoms with E-state index in [9.17, 15) is 9.59 Å². The van der Waals surface area contributed by atoms with E-state index in [-0.39, 0.29) is 6.42 Å². The number of nitrogens with two attached hydrogens (primary N) is 2. The van der Waals surface area contributed by atoms with E-state index in [0.717, 1.165) is 0 Å². The Morgan fingerprint density at radius 2 is 2.15 bits per heavy atom. The number of primary amides is 1. The fourth-order valence-electron chi connectivity index (χ4n) is 1.61. The number of nitrogens with one attached hydrogen (secondary N) is 1. The Kier molecular flexibility index (Phi) is 4.06. The smallest absolute Gasteiger partial charge is 0.241 e. The quantitative estimate of drug-likeness (QED) is 0.671. The number of carbonyl (C=O) groups is 2. The van der Waals surface area contributed by atoms with Crippen molar-refractivity contribution in [2.75, 3.05) is 5.32 Å². The van der Waals surface area contributed by atoms with Gasteiger partial charge >= 0.3 is 0 Å². The summed E-state index contributed by atoms with van der Waals surface area (Å²) >= 11 is 0. The molecule has 8 heteroatoms. The topological polar surface area (TPSA) is 129 Å². The highest BCUT2D eigenvalue weighted by Crippen LogP contribution is 2.16. The zero-order valence-electron chi connectivity index (χ0n) is 10.6. The van der Waals surface area contributed by atoms with Crippen LogP contribution in [0, 0.1) is 0 Å². The molecule has 2 rings (SSSR count). The molecular weight excluding hydrogens is 260 g/mol. The maximum atomic E-state index is 11.9. The van der Waals surface area contributed by atoms with Crippen LogP contribution in [0.1, 0.15) is 6.42 Å². The first-order valence-electron chi connectivity index (χ1n) is 5.87. The highest BCUT2D eigenvalue weighted by molar-refractivity contribution is 5.98. The number of amides is 2. The number of rotatable bonds is 5. The number of hydrogen-bond acceptors (Lipinski definition) is 5. The molecule has 1 unspecified atom stereocenters. The van der Waals surface area contributed by atoms with Gasteiger partial charge in [-0.3, -0.25) is 9.59 Å². The van der Waals surface area contributed by atoms with Crippen molar-refractivity contribution in [3.05, 3.63) is 36.8 Å². The molecule has 0 saturated heterocycles. The summed E-state index contributed by atoms with van der Waals surface area (Å²) in [6.07, 6.45) is 4.65. The van der Waals surface area contributed by atoms with Crippen molar-refractivity contribution in [2.45, 2.75) is 12.5 Å². The Bertz CT molecular complexity index is 610. The number of anilines is 1. The van der Waals surface area contributed by atoms with Gasteiger partial charge in [-0.15, -0.1) is 0 Å². The minimum atomic E-state index is -1.00. The first-order valence-corrected chi connectivity index (χ1v) is 5.87. The van der Waals surface area contributed by atoms with E-state index in [1.165, 1.54) is 4.68 Å². The summed E-state index contributed by atoms with van der Waals surface area (Å²) in [4.78, 5) is 26.8. The standard InChI is InChI=1S/C12H14N6O2/c13-8(7-10(14)19)12(20)17-9-3-1-4-15-11(9)18-6-2-5-16-18/h1-6,8H,7,13H2,(H2,14,19)(H,17,20). The number of nitrogens with zero attached hydrogens (tertiary/aromatic N) is 3. The van der Waals surface area contributed by atoms with Crippen LogP contribution >= 0.6 is 0 Å². The predicted molar refractivity (Wildman–Crippen MR) is 71.8 cm³/mol. The van der Waals surface area contributed by atoms with Crippen LogP contribution in [-0.2, 0) is 9.59 Å². The van der Waals surface area contributed by atoms with Gasteiger partial charge < -0.3 is 16.8 Å². The Morgan fingerprint density at radius 3 is 2.80 bits per heavy atom. The molecular formula is C12H14N6O2. The number of carbonyl (C=O) groups excluding carboxylic acids is 2. The number of hydrogen-bond donors (Lipinski definition) is 3. The Balaban J connectivity index is 2.18. The average molecular weight is 274 g/mol.